The fourth-order valence-electron chi connectivity index (χ4n) is 2.00. The van der Waals surface area contributed by atoms with Crippen LogP contribution in [0.2, 0.25) is 0 Å². The van der Waals surface area contributed by atoms with Gasteiger partial charge in [0.25, 0.3) is 0 Å². The van der Waals surface area contributed by atoms with Crippen molar-refractivity contribution in [3.8, 4) is 0 Å². The van der Waals surface area contributed by atoms with Crippen LogP contribution in [-0.4, -0.2) is 6.54 Å². The summed E-state index contributed by atoms with van der Waals surface area (Å²) in [6, 6.07) is 6.57. The van der Waals surface area contributed by atoms with Crippen LogP contribution < -0.4 is 5.73 Å². The van der Waals surface area contributed by atoms with Crippen LogP contribution in [0.3, 0.4) is 0 Å². The molecule has 1 heteroatoms. The highest BCUT2D eigenvalue weighted by Crippen LogP contribution is 2.27. The lowest BCUT2D eigenvalue weighted by Gasteiger charge is -2.18. The second kappa shape index (κ2) is 5.16. The first-order chi connectivity index (χ1) is 6.70. The molecule has 14 heavy (non-hydrogen) atoms. The third-order valence-electron chi connectivity index (χ3n) is 3.09. The lowest BCUT2D eigenvalue weighted by molar-refractivity contribution is 0.611. The quantitative estimate of drug-likeness (QED) is 0.777. The Bertz CT molecular complexity index is 291. The standard InChI is InChI=1S/C13H21N/c1-4-12(8-9-14)13-7-5-6-10(2)11(13)3/h5-7,12H,4,8-9,14H2,1-3H3. The molecule has 0 fully saturated rings. The zero-order chi connectivity index (χ0) is 10.6. The smallest absolute Gasteiger partial charge is 0.00714 e. The highest BCUT2D eigenvalue weighted by Gasteiger charge is 2.11. The van der Waals surface area contributed by atoms with E-state index in [2.05, 4.69) is 39.0 Å². The molecule has 1 unspecified atom stereocenters. The van der Waals surface area contributed by atoms with Gasteiger partial charge in [-0.25, -0.2) is 0 Å². The van der Waals surface area contributed by atoms with E-state index in [4.69, 9.17) is 5.73 Å². The van der Waals surface area contributed by atoms with Crippen molar-refractivity contribution in [1.82, 2.24) is 0 Å². The van der Waals surface area contributed by atoms with Gasteiger partial charge in [-0.05, 0) is 55.8 Å². The molecule has 78 valence electrons. The molecule has 1 aromatic rings. The van der Waals surface area contributed by atoms with Gasteiger partial charge >= 0.3 is 0 Å². The summed E-state index contributed by atoms with van der Waals surface area (Å²) in [7, 11) is 0. The number of hydrogen-bond acceptors (Lipinski definition) is 1. The Labute approximate surface area is 87.3 Å². The van der Waals surface area contributed by atoms with Crippen LogP contribution >= 0.6 is 0 Å². The van der Waals surface area contributed by atoms with Gasteiger partial charge in [-0.2, -0.15) is 0 Å². The van der Waals surface area contributed by atoms with Gasteiger partial charge in [0.05, 0.1) is 0 Å². The van der Waals surface area contributed by atoms with E-state index in [0.29, 0.717) is 5.92 Å². The van der Waals surface area contributed by atoms with Gasteiger partial charge in [-0.15, -0.1) is 0 Å². The minimum atomic E-state index is 0.639. The highest BCUT2D eigenvalue weighted by atomic mass is 14.5. The minimum absolute atomic E-state index is 0.639. The molecule has 1 atom stereocenters. The van der Waals surface area contributed by atoms with Crippen LogP contribution in [0, 0.1) is 13.8 Å². The molecule has 0 heterocycles. The van der Waals surface area contributed by atoms with Crippen LogP contribution in [-0.2, 0) is 0 Å². The number of nitrogens with two attached hydrogens (primary N) is 1. The molecule has 0 aliphatic heterocycles. The molecule has 0 aliphatic rings. The maximum atomic E-state index is 5.63. The summed E-state index contributed by atoms with van der Waals surface area (Å²) in [4.78, 5) is 0. The molecule has 0 aromatic heterocycles. The fraction of sp³-hybridized carbons (Fsp3) is 0.538. The lowest BCUT2D eigenvalue weighted by atomic mass is 9.88. The van der Waals surface area contributed by atoms with Crippen molar-refractivity contribution < 1.29 is 0 Å². The monoisotopic (exact) mass is 191 g/mol. The maximum Gasteiger partial charge on any atom is -0.00714 e. The van der Waals surface area contributed by atoms with Gasteiger partial charge < -0.3 is 5.73 Å². The third kappa shape index (κ3) is 2.36. The Morgan fingerprint density at radius 1 is 1.29 bits per heavy atom. The van der Waals surface area contributed by atoms with E-state index < -0.39 is 0 Å². The summed E-state index contributed by atoms with van der Waals surface area (Å²) in [6.07, 6.45) is 2.28. The van der Waals surface area contributed by atoms with Gasteiger partial charge in [-0.3, -0.25) is 0 Å². The predicted molar refractivity (Wildman–Crippen MR) is 62.6 cm³/mol. The van der Waals surface area contributed by atoms with Gasteiger partial charge in [0.1, 0.15) is 0 Å². The summed E-state index contributed by atoms with van der Waals surface area (Å²) in [5.41, 5.74) is 9.94. The second-order valence-corrected chi connectivity index (χ2v) is 3.97. The molecule has 0 bridgehead atoms. The molecule has 0 amide bonds. The molecule has 0 radical (unpaired) electrons. The zero-order valence-electron chi connectivity index (χ0n) is 9.51. The summed E-state index contributed by atoms with van der Waals surface area (Å²) < 4.78 is 0. The molecule has 0 saturated heterocycles. The van der Waals surface area contributed by atoms with Crippen LogP contribution in [0.4, 0.5) is 0 Å². The normalized spacial score (nSPS) is 12.9. The van der Waals surface area contributed by atoms with Crippen LogP contribution in [0.1, 0.15) is 42.4 Å². The van der Waals surface area contributed by atoms with Gasteiger partial charge in [-0.1, -0.05) is 25.1 Å². The van der Waals surface area contributed by atoms with Crippen molar-refractivity contribution in [2.24, 2.45) is 5.73 Å². The highest BCUT2D eigenvalue weighted by molar-refractivity contribution is 5.35. The van der Waals surface area contributed by atoms with E-state index in [0.717, 1.165) is 13.0 Å². The Kier molecular flexibility index (Phi) is 4.15. The number of rotatable bonds is 4. The van der Waals surface area contributed by atoms with E-state index in [9.17, 15) is 0 Å². The molecule has 1 aromatic carbocycles. The van der Waals surface area contributed by atoms with Crippen LogP contribution in [0.25, 0.3) is 0 Å². The summed E-state index contributed by atoms with van der Waals surface area (Å²) in [5.74, 6) is 0.639. The molecule has 1 rings (SSSR count). The van der Waals surface area contributed by atoms with E-state index in [-0.39, 0.29) is 0 Å². The molecular weight excluding hydrogens is 170 g/mol. The average molecular weight is 191 g/mol. The Morgan fingerprint density at radius 3 is 2.57 bits per heavy atom. The maximum absolute atomic E-state index is 5.63. The molecule has 0 saturated carbocycles. The largest absolute Gasteiger partial charge is 0.330 e. The van der Waals surface area contributed by atoms with E-state index in [1.54, 1.807) is 0 Å². The number of aryl methyl sites for hydroxylation is 1. The van der Waals surface area contributed by atoms with Crippen molar-refractivity contribution in [1.29, 1.82) is 0 Å². The van der Waals surface area contributed by atoms with Crippen molar-refractivity contribution >= 4 is 0 Å². The minimum Gasteiger partial charge on any atom is -0.330 e. The lowest BCUT2D eigenvalue weighted by Crippen LogP contribution is -2.08. The van der Waals surface area contributed by atoms with E-state index in [1.807, 2.05) is 0 Å². The van der Waals surface area contributed by atoms with Crippen LogP contribution in [0.15, 0.2) is 18.2 Å². The first kappa shape index (κ1) is 11.3. The zero-order valence-corrected chi connectivity index (χ0v) is 9.51. The summed E-state index contributed by atoms with van der Waals surface area (Å²) in [5, 5.41) is 0. The Morgan fingerprint density at radius 2 is 2.00 bits per heavy atom. The van der Waals surface area contributed by atoms with E-state index in [1.165, 1.54) is 23.1 Å². The fourth-order valence-corrected chi connectivity index (χ4v) is 2.00. The average Bonchev–Trinajstić information content (AvgIpc) is 2.19. The van der Waals surface area contributed by atoms with Crippen molar-refractivity contribution in [2.45, 2.75) is 39.5 Å². The van der Waals surface area contributed by atoms with Crippen molar-refractivity contribution in [3.63, 3.8) is 0 Å². The van der Waals surface area contributed by atoms with E-state index >= 15 is 0 Å². The van der Waals surface area contributed by atoms with Crippen LogP contribution in [0.5, 0.6) is 0 Å². The first-order valence-corrected chi connectivity index (χ1v) is 5.46. The molecule has 1 nitrogen and oxygen atoms in total. The first-order valence-electron chi connectivity index (χ1n) is 5.46. The van der Waals surface area contributed by atoms with Gasteiger partial charge in [0, 0.05) is 0 Å². The van der Waals surface area contributed by atoms with Gasteiger partial charge in [0.15, 0.2) is 0 Å². The number of benzene rings is 1. The Balaban J connectivity index is 2.97. The van der Waals surface area contributed by atoms with Crippen molar-refractivity contribution in [3.05, 3.63) is 34.9 Å². The SMILES string of the molecule is CCC(CCN)c1cccc(C)c1C. The summed E-state index contributed by atoms with van der Waals surface area (Å²) in [6.45, 7) is 7.41. The molecule has 0 spiro atoms. The topological polar surface area (TPSA) is 26.0 Å². The molecular formula is C13H21N. The number of hydrogen-bond donors (Lipinski definition) is 1. The molecule has 2 N–H and O–H groups in total. The van der Waals surface area contributed by atoms with Gasteiger partial charge in [0.2, 0.25) is 0 Å². The predicted octanol–water partition coefficient (Wildman–Crippen LogP) is 3.15. The van der Waals surface area contributed by atoms with Crippen molar-refractivity contribution in [2.75, 3.05) is 6.54 Å². The Hall–Kier alpha value is -0.820. The second-order valence-electron chi connectivity index (χ2n) is 3.97. The molecule has 0 aliphatic carbocycles. The third-order valence-corrected chi connectivity index (χ3v) is 3.09. The summed E-state index contributed by atoms with van der Waals surface area (Å²) >= 11 is 0.